The van der Waals surface area contributed by atoms with E-state index in [9.17, 15) is 4.79 Å². The third-order valence-corrected chi connectivity index (χ3v) is 5.59. The molecule has 0 saturated carbocycles. The van der Waals surface area contributed by atoms with Gasteiger partial charge in [0.15, 0.2) is 0 Å². The van der Waals surface area contributed by atoms with Gasteiger partial charge in [0.2, 0.25) is 11.1 Å². The Labute approximate surface area is 173 Å². The van der Waals surface area contributed by atoms with Crippen molar-refractivity contribution in [1.82, 2.24) is 19.6 Å². The van der Waals surface area contributed by atoms with E-state index in [1.807, 2.05) is 81.4 Å². The Balaban J connectivity index is 1.65. The quantitative estimate of drug-likeness (QED) is 0.496. The van der Waals surface area contributed by atoms with Crippen LogP contribution < -0.4 is 5.32 Å². The number of carbonyl (C=O) groups is 1. The largest absolute Gasteiger partial charge is 0.325 e. The molecule has 2 aromatic carbocycles. The summed E-state index contributed by atoms with van der Waals surface area (Å²) in [5.41, 5.74) is 4.63. The highest BCUT2D eigenvalue weighted by Crippen LogP contribution is 2.34. The molecule has 0 aliphatic carbocycles. The molecule has 1 unspecified atom stereocenters. The summed E-state index contributed by atoms with van der Waals surface area (Å²) in [5.74, 6) is 0.417. The SMILES string of the molecule is Cc1ccc(NC(=O)C(Sc2nc3nc(C)cc(C)n3n2)c2ccccc2)cc1. The number of nitrogens with zero attached hydrogens (tertiary/aromatic N) is 4. The highest BCUT2D eigenvalue weighted by atomic mass is 32.2. The molecule has 0 aliphatic heterocycles. The molecule has 1 atom stereocenters. The van der Waals surface area contributed by atoms with Crippen molar-refractivity contribution >= 4 is 29.1 Å². The molecule has 0 bridgehead atoms. The van der Waals surface area contributed by atoms with E-state index in [0.29, 0.717) is 10.9 Å². The minimum absolute atomic E-state index is 0.121. The van der Waals surface area contributed by atoms with Gasteiger partial charge in [0.25, 0.3) is 5.78 Å². The van der Waals surface area contributed by atoms with E-state index < -0.39 is 5.25 Å². The van der Waals surface area contributed by atoms with E-state index >= 15 is 0 Å². The summed E-state index contributed by atoms with van der Waals surface area (Å²) in [6.07, 6.45) is 0. The van der Waals surface area contributed by atoms with Crippen molar-refractivity contribution in [3.8, 4) is 0 Å². The van der Waals surface area contributed by atoms with Crippen molar-refractivity contribution < 1.29 is 4.79 Å². The van der Waals surface area contributed by atoms with Gasteiger partial charge < -0.3 is 5.32 Å². The summed E-state index contributed by atoms with van der Waals surface area (Å²) in [5, 5.41) is 7.57. The second-order valence-corrected chi connectivity index (χ2v) is 7.98. The molecule has 6 nitrogen and oxygen atoms in total. The molecule has 0 fully saturated rings. The number of fused-ring (bicyclic) bond motifs is 1. The number of thioether (sulfide) groups is 1. The van der Waals surface area contributed by atoms with E-state index in [2.05, 4.69) is 20.4 Å². The topological polar surface area (TPSA) is 72.2 Å². The fraction of sp³-hybridized carbons (Fsp3) is 0.182. The Morgan fingerprint density at radius 1 is 1.00 bits per heavy atom. The second-order valence-electron chi connectivity index (χ2n) is 6.91. The number of anilines is 1. The van der Waals surface area contributed by atoms with Gasteiger partial charge in [-0.05, 0) is 44.5 Å². The molecule has 7 heteroatoms. The van der Waals surface area contributed by atoms with Crippen LogP contribution in [0.2, 0.25) is 0 Å². The van der Waals surface area contributed by atoms with E-state index in [0.717, 1.165) is 28.2 Å². The lowest BCUT2D eigenvalue weighted by Gasteiger charge is -2.15. The third kappa shape index (κ3) is 4.30. The number of hydrogen-bond acceptors (Lipinski definition) is 5. The highest BCUT2D eigenvalue weighted by molar-refractivity contribution is 8.00. The summed E-state index contributed by atoms with van der Waals surface area (Å²) in [7, 11) is 0. The molecule has 0 radical (unpaired) electrons. The predicted molar refractivity (Wildman–Crippen MR) is 115 cm³/mol. The molecule has 0 spiro atoms. The van der Waals surface area contributed by atoms with Gasteiger partial charge in [0, 0.05) is 17.1 Å². The number of hydrogen-bond donors (Lipinski definition) is 1. The fourth-order valence-electron chi connectivity index (χ4n) is 3.05. The molecular formula is C22H21N5OS. The number of rotatable bonds is 5. The molecule has 146 valence electrons. The average molecular weight is 404 g/mol. The van der Waals surface area contributed by atoms with Crippen LogP contribution in [0, 0.1) is 20.8 Å². The van der Waals surface area contributed by atoms with Crippen LogP contribution in [0.1, 0.15) is 27.8 Å². The number of aryl methyl sites for hydroxylation is 3. The third-order valence-electron chi connectivity index (χ3n) is 4.48. The van der Waals surface area contributed by atoms with Crippen molar-refractivity contribution in [2.45, 2.75) is 31.2 Å². The van der Waals surface area contributed by atoms with Crippen LogP contribution in [0.5, 0.6) is 0 Å². The van der Waals surface area contributed by atoms with Crippen molar-refractivity contribution in [3.05, 3.63) is 83.2 Å². The normalized spacial score (nSPS) is 12.1. The molecular weight excluding hydrogens is 382 g/mol. The van der Waals surface area contributed by atoms with E-state index in [1.165, 1.54) is 11.8 Å². The first-order chi connectivity index (χ1) is 14.0. The average Bonchev–Trinajstić information content (AvgIpc) is 3.11. The van der Waals surface area contributed by atoms with Crippen LogP contribution in [0.25, 0.3) is 5.78 Å². The standard InChI is InChI=1S/C22H21N5OS/c1-14-9-11-18(12-10-14)24-20(28)19(17-7-5-4-6-8-17)29-22-25-21-23-15(2)13-16(3)27(21)26-22/h4-13,19H,1-3H3,(H,24,28). The number of amides is 1. The monoisotopic (exact) mass is 403 g/mol. The summed E-state index contributed by atoms with van der Waals surface area (Å²) < 4.78 is 1.70. The second kappa shape index (κ2) is 8.05. The summed E-state index contributed by atoms with van der Waals surface area (Å²) in [6.45, 7) is 5.90. The van der Waals surface area contributed by atoms with Crippen molar-refractivity contribution in [1.29, 1.82) is 0 Å². The number of aromatic nitrogens is 4. The molecule has 0 aliphatic rings. The maximum atomic E-state index is 13.1. The van der Waals surface area contributed by atoms with Crippen LogP contribution in [-0.2, 0) is 4.79 Å². The minimum atomic E-state index is -0.490. The Morgan fingerprint density at radius 2 is 1.72 bits per heavy atom. The molecule has 2 heterocycles. The van der Waals surface area contributed by atoms with Gasteiger partial charge in [0.1, 0.15) is 5.25 Å². The summed E-state index contributed by atoms with van der Waals surface area (Å²) in [6, 6.07) is 19.4. The van der Waals surface area contributed by atoms with Crippen molar-refractivity contribution in [3.63, 3.8) is 0 Å². The Morgan fingerprint density at radius 3 is 2.45 bits per heavy atom. The van der Waals surface area contributed by atoms with Gasteiger partial charge in [-0.3, -0.25) is 4.79 Å². The van der Waals surface area contributed by atoms with Crippen LogP contribution >= 0.6 is 11.8 Å². The molecule has 4 rings (SSSR count). The lowest BCUT2D eigenvalue weighted by Crippen LogP contribution is -2.19. The maximum Gasteiger partial charge on any atom is 0.253 e. The molecule has 1 N–H and O–H groups in total. The Hall–Kier alpha value is -3.19. The van der Waals surface area contributed by atoms with Crippen LogP contribution in [-0.4, -0.2) is 25.5 Å². The first kappa shape index (κ1) is 19.1. The Kier molecular flexibility index (Phi) is 5.31. The zero-order valence-electron chi connectivity index (χ0n) is 16.5. The predicted octanol–water partition coefficient (Wildman–Crippen LogP) is 4.52. The summed E-state index contributed by atoms with van der Waals surface area (Å²) in [4.78, 5) is 22.1. The van der Waals surface area contributed by atoms with Crippen molar-refractivity contribution in [2.24, 2.45) is 0 Å². The van der Waals surface area contributed by atoms with Crippen LogP contribution in [0.15, 0.2) is 65.8 Å². The maximum absolute atomic E-state index is 13.1. The van der Waals surface area contributed by atoms with Crippen LogP contribution in [0.3, 0.4) is 0 Å². The molecule has 4 aromatic rings. The first-order valence-corrected chi connectivity index (χ1v) is 10.2. The molecule has 2 aromatic heterocycles. The number of nitrogens with one attached hydrogen (secondary N) is 1. The van der Waals surface area contributed by atoms with E-state index in [-0.39, 0.29) is 5.91 Å². The minimum Gasteiger partial charge on any atom is -0.325 e. The van der Waals surface area contributed by atoms with E-state index in [1.54, 1.807) is 4.52 Å². The van der Waals surface area contributed by atoms with Gasteiger partial charge in [0.05, 0.1) is 0 Å². The van der Waals surface area contributed by atoms with Gasteiger partial charge in [-0.1, -0.05) is 59.8 Å². The van der Waals surface area contributed by atoms with Crippen molar-refractivity contribution in [2.75, 3.05) is 5.32 Å². The summed E-state index contributed by atoms with van der Waals surface area (Å²) >= 11 is 1.32. The zero-order chi connectivity index (χ0) is 20.4. The molecule has 1 amide bonds. The van der Waals surface area contributed by atoms with Gasteiger partial charge >= 0.3 is 0 Å². The molecule has 29 heavy (non-hydrogen) atoms. The molecule has 0 saturated heterocycles. The van der Waals surface area contributed by atoms with E-state index in [4.69, 9.17) is 0 Å². The lowest BCUT2D eigenvalue weighted by molar-refractivity contribution is -0.115. The van der Waals surface area contributed by atoms with Gasteiger partial charge in [-0.2, -0.15) is 4.98 Å². The lowest BCUT2D eigenvalue weighted by atomic mass is 10.1. The Bertz CT molecular complexity index is 1160. The number of benzene rings is 2. The van der Waals surface area contributed by atoms with Gasteiger partial charge in [-0.15, -0.1) is 5.10 Å². The zero-order valence-corrected chi connectivity index (χ0v) is 17.3. The fourth-order valence-corrected chi connectivity index (χ4v) is 3.98. The number of carbonyl (C=O) groups excluding carboxylic acids is 1. The smallest absolute Gasteiger partial charge is 0.253 e. The van der Waals surface area contributed by atoms with Crippen LogP contribution in [0.4, 0.5) is 5.69 Å². The first-order valence-electron chi connectivity index (χ1n) is 9.30. The van der Waals surface area contributed by atoms with Gasteiger partial charge in [-0.25, -0.2) is 9.50 Å². The highest BCUT2D eigenvalue weighted by Gasteiger charge is 2.24.